The van der Waals surface area contributed by atoms with Gasteiger partial charge in [-0.2, -0.15) is 5.26 Å². The van der Waals surface area contributed by atoms with Gasteiger partial charge in [0.1, 0.15) is 5.75 Å². The molecule has 2 N–H and O–H groups in total. The normalized spacial score (nSPS) is 10.9. The number of nitriles is 1. The molecule has 0 amide bonds. The Balaban J connectivity index is 2.77. The third kappa shape index (κ3) is 4.58. The fourth-order valence-electron chi connectivity index (χ4n) is 1.18. The Morgan fingerprint density at radius 3 is 2.71 bits per heavy atom. The number of nitrogens with zero attached hydrogens (tertiary/aromatic N) is 1. The SMILES string of the molecule is CC(C)(C)COc1cccc(SCC#N)c1N. The number of para-hydroxylation sites is 1. The first-order chi connectivity index (χ1) is 7.94. The van der Waals surface area contributed by atoms with Crippen molar-refractivity contribution in [3.8, 4) is 11.8 Å². The summed E-state index contributed by atoms with van der Waals surface area (Å²) in [6, 6.07) is 7.75. The van der Waals surface area contributed by atoms with Gasteiger partial charge in [0.05, 0.1) is 24.1 Å². The van der Waals surface area contributed by atoms with Crippen molar-refractivity contribution in [3.63, 3.8) is 0 Å². The average Bonchev–Trinajstić information content (AvgIpc) is 2.25. The van der Waals surface area contributed by atoms with E-state index in [1.54, 1.807) is 0 Å². The van der Waals surface area contributed by atoms with Crippen LogP contribution in [0.1, 0.15) is 20.8 Å². The van der Waals surface area contributed by atoms with Crippen LogP contribution in [-0.2, 0) is 0 Å². The summed E-state index contributed by atoms with van der Waals surface area (Å²) in [6.07, 6.45) is 0. The highest BCUT2D eigenvalue weighted by Crippen LogP contribution is 2.33. The van der Waals surface area contributed by atoms with Gasteiger partial charge in [-0.15, -0.1) is 11.8 Å². The van der Waals surface area contributed by atoms with Gasteiger partial charge in [0.15, 0.2) is 0 Å². The molecule has 0 radical (unpaired) electrons. The lowest BCUT2D eigenvalue weighted by Gasteiger charge is -2.20. The third-order valence-corrected chi connectivity index (χ3v) is 2.92. The lowest BCUT2D eigenvalue weighted by molar-refractivity contribution is 0.198. The first-order valence-corrected chi connectivity index (χ1v) is 6.43. The molecule has 0 spiro atoms. The maximum absolute atomic E-state index is 8.55. The van der Waals surface area contributed by atoms with Crippen molar-refractivity contribution in [2.24, 2.45) is 5.41 Å². The molecule has 92 valence electrons. The Morgan fingerprint density at radius 1 is 1.41 bits per heavy atom. The Labute approximate surface area is 107 Å². The van der Waals surface area contributed by atoms with Gasteiger partial charge in [-0.3, -0.25) is 0 Å². The Kier molecular flexibility index (Phi) is 4.71. The van der Waals surface area contributed by atoms with E-state index in [1.807, 2.05) is 18.2 Å². The molecular formula is C13H18N2OS. The van der Waals surface area contributed by atoms with Gasteiger partial charge in [0.2, 0.25) is 0 Å². The molecule has 0 aliphatic heterocycles. The highest BCUT2D eigenvalue weighted by Gasteiger charge is 2.13. The molecule has 0 heterocycles. The summed E-state index contributed by atoms with van der Waals surface area (Å²) < 4.78 is 5.70. The number of nitrogens with two attached hydrogens (primary N) is 1. The maximum Gasteiger partial charge on any atom is 0.143 e. The minimum absolute atomic E-state index is 0.0994. The van der Waals surface area contributed by atoms with Crippen molar-refractivity contribution in [2.75, 3.05) is 18.1 Å². The standard InChI is InChI=1S/C13H18N2OS/c1-13(2,3)9-16-10-5-4-6-11(12(10)15)17-8-7-14/h4-6H,8-9,15H2,1-3H3. The van der Waals surface area contributed by atoms with E-state index in [0.717, 1.165) is 4.90 Å². The molecule has 0 saturated heterocycles. The smallest absolute Gasteiger partial charge is 0.143 e. The Morgan fingerprint density at radius 2 is 2.12 bits per heavy atom. The molecule has 0 aliphatic rings. The van der Waals surface area contributed by atoms with Crippen LogP contribution in [0, 0.1) is 16.7 Å². The van der Waals surface area contributed by atoms with Crippen molar-refractivity contribution >= 4 is 17.4 Å². The number of thioether (sulfide) groups is 1. The molecule has 17 heavy (non-hydrogen) atoms. The molecule has 0 atom stereocenters. The minimum Gasteiger partial charge on any atom is -0.491 e. The summed E-state index contributed by atoms with van der Waals surface area (Å²) in [5.74, 6) is 1.09. The minimum atomic E-state index is 0.0994. The summed E-state index contributed by atoms with van der Waals surface area (Å²) in [4.78, 5) is 0.901. The molecule has 1 aromatic rings. The van der Waals surface area contributed by atoms with Gasteiger partial charge in [0, 0.05) is 4.90 Å². The van der Waals surface area contributed by atoms with E-state index in [2.05, 4.69) is 26.8 Å². The van der Waals surface area contributed by atoms with Crippen LogP contribution in [-0.4, -0.2) is 12.4 Å². The van der Waals surface area contributed by atoms with Gasteiger partial charge in [-0.25, -0.2) is 0 Å². The average molecular weight is 250 g/mol. The summed E-state index contributed by atoms with van der Waals surface area (Å²) in [5, 5.41) is 8.55. The fourth-order valence-corrected chi connectivity index (χ4v) is 1.83. The van der Waals surface area contributed by atoms with Crippen LogP contribution in [0.2, 0.25) is 0 Å². The molecule has 0 unspecified atom stereocenters. The topological polar surface area (TPSA) is 59.0 Å². The monoisotopic (exact) mass is 250 g/mol. The molecule has 3 nitrogen and oxygen atoms in total. The van der Waals surface area contributed by atoms with Crippen molar-refractivity contribution in [1.82, 2.24) is 0 Å². The highest BCUT2D eigenvalue weighted by atomic mass is 32.2. The second kappa shape index (κ2) is 5.83. The predicted octanol–water partition coefficient (Wildman–Crippen LogP) is 3.31. The third-order valence-electron chi connectivity index (χ3n) is 1.98. The van der Waals surface area contributed by atoms with Gasteiger partial charge >= 0.3 is 0 Å². The number of ether oxygens (including phenoxy) is 1. The Hall–Kier alpha value is -1.34. The quantitative estimate of drug-likeness (QED) is 0.658. The van der Waals surface area contributed by atoms with Gasteiger partial charge in [0.25, 0.3) is 0 Å². The Bertz CT molecular complexity index is 418. The second-order valence-electron chi connectivity index (χ2n) is 4.96. The number of anilines is 1. The van der Waals surface area contributed by atoms with Crippen molar-refractivity contribution in [3.05, 3.63) is 18.2 Å². The first-order valence-electron chi connectivity index (χ1n) is 5.45. The van der Waals surface area contributed by atoms with Crippen LogP contribution >= 0.6 is 11.8 Å². The predicted molar refractivity (Wildman–Crippen MR) is 72.1 cm³/mol. The summed E-state index contributed by atoms with van der Waals surface area (Å²) >= 11 is 1.43. The zero-order valence-electron chi connectivity index (χ0n) is 10.5. The van der Waals surface area contributed by atoms with Crippen molar-refractivity contribution in [2.45, 2.75) is 25.7 Å². The molecule has 0 bridgehead atoms. The zero-order valence-corrected chi connectivity index (χ0v) is 11.3. The lowest BCUT2D eigenvalue weighted by Crippen LogP contribution is -2.17. The maximum atomic E-state index is 8.55. The van der Waals surface area contributed by atoms with Gasteiger partial charge < -0.3 is 10.5 Å². The fraction of sp³-hybridized carbons (Fsp3) is 0.462. The van der Waals surface area contributed by atoms with E-state index in [-0.39, 0.29) is 5.41 Å². The first kappa shape index (κ1) is 13.7. The van der Waals surface area contributed by atoms with Crippen LogP contribution < -0.4 is 10.5 Å². The highest BCUT2D eigenvalue weighted by molar-refractivity contribution is 7.99. The molecule has 0 fully saturated rings. The molecule has 0 aliphatic carbocycles. The van der Waals surface area contributed by atoms with Gasteiger partial charge in [-0.1, -0.05) is 26.8 Å². The van der Waals surface area contributed by atoms with E-state index in [9.17, 15) is 0 Å². The number of hydrogen-bond donors (Lipinski definition) is 1. The van der Waals surface area contributed by atoms with E-state index in [0.29, 0.717) is 23.8 Å². The number of hydrogen-bond acceptors (Lipinski definition) is 4. The van der Waals surface area contributed by atoms with Crippen LogP contribution in [0.15, 0.2) is 23.1 Å². The molecule has 0 saturated carbocycles. The second-order valence-corrected chi connectivity index (χ2v) is 5.98. The van der Waals surface area contributed by atoms with E-state index >= 15 is 0 Å². The number of rotatable bonds is 4. The van der Waals surface area contributed by atoms with E-state index in [1.165, 1.54) is 11.8 Å². The van der Waals surface area contributed by atoms with Crippen LogP contribution in [0.5, 0.6) is 5.75 Å². The summed E-state index contributed by atoms with van der Waals surface area (Å²) in [7, 11) is 0. The molecule has 0 aromatic heterocycles. The van der Waals surface area contributed by atoms with Crippen LogP contribution in [0.4, 0.5) is 5.69 Å². The van der Waals surface area contributed by atoms with Crippen LogP contribution in [0.25, 0.3) is 0 Å². The van der Waals surface area contributed by atoms with Crippen molar-refractivity contribution in [1.29, 1.82) is 5.26 Å². The summed E-state index contributed by atoms with van der Waals surface area (Å²) in [6.45, 7) is 6.94. The number of benzene rings is 1. The van der Waals surface area contributed by atoms with Crippen molar-refractivity contribution < 1.29 is 4.74 Å². The van der Waals surface area contributed by atoms with Crippen LogP contribution in [0.3, 0.4) is 0 Å². The molecule has 1 aromatic carbocycles. The van der Waals surface area contributed by atoms with E-state index in [4.69, 9.17) is 15.7 Å². The largest absolute Gasteiger partial charge is 0.491 e. The lowest BCUT2D eigenvalue weighted by atomic mass is 9.99. The molecular weight excluding hydrogens is 232 g/mol. The van der Waals surface area contributed by atoms with Gasteiger partial charge in [-0.05, 0) is 17.5 Å². The van der Waals surface area contributed by atoms with E-state index < -0.39 is 0 Å². The number of nitrogen functional groups attached to an aromatic ring is 1. The summed E-state index contributed by atoms with van der Waals surface area (Å²) in [5.41, 5.74) is 6.72. The molecule has 1 rings (SSSR count). The zero-order chi connectivity index (χ0) is 12.9. The molecule has 4 heteroatoms.